The van der Waals surface area contributed by atoms with E-state index in [1.54, 1.807) is 7.11 Å². The van der Waals surface area contributed by atoms with Crippen LogP contribution in [-0.4, -0.2) is 47.2 Å². The fourth-order valence-corrected chi connectivity index (χ4v) is 11.0. The standard InChI is InChI=1S/C31H50O5/c1-26(2)12-14-31(25(35)36-7)15-13-29(5)19(20(31)16-26)8-9-23-27(3)17-21(33)24(34)28(4,18-32)22(27)10-11-30(23,29)6/h8,20-24,32-34H,9-18H2,1-7H3/t20-,21+,22+,23-,24-,27-,28-,29+,30+,31-/m0/s1. The Balaban J connectivity index is 1.61. The first-order valence-electron chi connectivity index (χ1n) is 14.4. The third kappa shape index (κ3) is 3.14. The van der Waals surface area contributed by atoms with E-state index in [4.69, 9.17) is 4.74 Å². The Kier molecular flexibility index (Phi) is 5.97. The lowest BCUT2D eigenvalue weighted by Gasteiger charge is -2.71. The third-order valence-corrected chi connectivity index (χ3v) is 13.3. The van der Waals surface area contributed by atoms with Crippen molar-refractivity contribution in [3.05, 3.63) is 11.6 Å². The van der Waals surface area contributed by atoms with Crippen LogP contribution in [0.2, 0.25) is 0 Å². The van der Waals surface area contributed by atoms with Crippen LogP contribution in [0.3, 0.4) is 0 Å². The monoisotopic (exact) mass is 502 g/mol. The van der Waals surface area contributed by atoms with Crippen LogP contribution >= 0.6 is 0 Å². The topological polar surface area (TPSA) is 87.0 Å². The largest absolute Gasteiger partial charge is 0.469 e. The second-order valence-electron chi connectivity index (χ2n) is 15.2. The molecule has 5 nitrogen and oxygen atoms in total. The second kappa shape index (κ2) is 8.05. The molecule has 0 aromatic carbocycles. The van der Waals surface area contributed by atoms with Gasteiger partial charge in [-0.2, -0.15) is 0 Å². The van der Waals surface area contributed by atoms with Gasteiger partial charge in [-0.25, -0.2) is 0 Å². The van der Waals surface area contributed by atoms with Crippen LogP contribution in [-0.2, 0) is 9.53 Å². The van der Waals surface area contributed by atoms with Crippen LogP contribution in [0.1, 0.15) is 99.3 Å². The Labute approximate surface area is 218 Å². The van der Waals surface area contributed by atoms with E-state index in [1.165, 1.54) is 5.57 Å². The molecule has 5 aliphatic rings. The van der Waals surface area contributed by atoms with Crippen LogP contribution in [0.15, 0.2) is 11.6 Å². The highest BCUT2D eigenvalue weighted by molar-refractivity contribution is 5.78. The maximum Gasteiger partial charge on any atom is 0.312 e. The van der Waals surface area contributed by atoms with E-state index < -0.39 is 23.0 Å². The van der Waals surface area contributed by atoms with Crippen molar-refractivity contribution in [1.82, 2.24) is 0 Å². The van der Waals surface area contributed by atoms with Crippen molar-refractivity contribution in [3.63, 3.8) is 0 Å². The Morgan fingerprint density at radius 3 is 2.28 bits per heavy atom. The van der Waals surface area contributed by atoms with Gasteiger partial charge in [-0.1, -0.05) is 53.2 Å². The zero-order valence-corrected chi connectivity index (χ0v) is 23.7. The molecule has 0 aromatic rings. The van der Waals surface area contributed by atoms with Gasteiger partial charge in [-0.3, -0.25) is 4.79 Å². The van der Waals surface area contributed by atoms with Gasteiger partial charge in [0, 0.05) is 5.41 Å². The van der Waals surface area contributed by atoms with E-state index in [1.807, 2.05) is 6.92 Å². The van der Waals surface area contributed by atoms with E-state index in [0.29, 0.717) is 12.3 Å². The third-order valence-electron chi connectivity index (χ3n) is 13.3. The molecule has 5 aliphatic carbocycles. The summed E-state index contributed by atoms with van der Waals surface area (Å²) in [6.07, 6.45) is 9.16. The molecular weight excluding hydrogens is 452 g/mol. The first-order valence-corrected chi connectivity index (χ1v) is 14.4. The molecule has 0 saturated heterocycles. The summed E-state index contributed by atoms with van der Waals surface area (Å²) in [4.78, 5) is 13.4. The molecule has 204 valence electrons. The lowest BCUT2D eigenvalue weighted by molar-refractivity contribution is -0.243. The molecule has 36 heavy (non-hydrogen) atoms. The number of aliphatic hydroxyl groups is 3. The zero-order chi connectivity index (χ0) is 26.5. The van der Waals surface area contributed by atoms with Gasteiger partial charge in [-0.15, -0.1) is 0 Å². The Hall–Kier alpha value is -0.910. The molecule has 0 unspecified atom stereocenters. The van der Waals surface area contributed by atoms with Crippen molar-refractivity contribution in [1.29, 1.82) is 0 Å². The maximum absolute atomic E-state index is 13.4. The highest BCUT2D eigenvalue weighted by Crippen LogP contribution is 2.75. The normalized spacial score (nSPS) is 53.7. The fraction of sp³-hybridized carbons (Fsp3) is 0.903. The Morgan fingerprint density at radius 2 is 1.64 bits per heavy atom. The highest BCUT2D eigenvalue weighted by Gasteiger charge is 2.70. The first-order chi connectivity index (χ1) is 16.7. The average molecular weight is 503 g/mol. The molecule has 5 heteroatoms. The molecule has 0 aromatic heterocycles. The highest BCUT2D eigenvalue weighted by atomic mass is 16.5. The van der Waals surface area contributed by atoms with Gasteiger partial charge in [-0.05, 0) is 97.2 Å². The van der Waals surface area contributed by atoms with Gasteiger partial charge in [0.15, 0.2) is 0 Å². The van der Waals surface area contributed by atoms with Crippen molar-refractivity contribution in [2.24, 2.45) is 50.2 Å². The summed E-state index contributed by atoms with van der Waals surface area (Å²) in [6, 6.07) is 0. The number of methoxy groups -OCH3 is 1. The van der Waals surface area contributed by atoms with Gasteiger partial charge < -0.3 is 20.1 Å². The van der Waals surface area contributed by atoms with Gasteiger partial charge in [0.1, 0.15) is 0 Å². The predicted octanol–water partition coefficient (Wildman–Crippen LogP) is 5.27. The number of rotatable bonds is 2. The molecule has 10 atom stereocenters. The fourth-order valence-electron chi connectivity index (χ4n) is 11.0. The van der Waals surface area contributed by atoms with Crippen LogP contribution in [0.4, 0.5) is 0 Å². The molecule has 0 aliphatic heterocycles. The molecular formula is C31H50O5. The van der Waals surface area contributed by atoms with Crippen molar-refractivity contribution in [2.75, 3.05) is 13.7 Å². The number of allylic oxidation sites excluding steroid dienone is 2. The number of hydrogen-bond acceptors (Lipinski definition) is 5. The summed E-state index contributed by atoms with van der Waals surface area (Å²) in [6.45, 7) is 13.9. The van der Waals surface area contributed by atoms with Gasteiger partial charge >= 0.3 is 5.97 Å². The number of esters is 1. The van der Waals surface area contributed by atoms with E-state index in [2.05, 4.69) is 40.7 Å². The Morgan fingerprint density at radius 1 is 0.972 bits per heavy atom. The van der Waals surface area contributed by atoms with Crippen LogP contribution in [0.25, 0.3) is 0 Å². The molecule has 0 heterocycles. The molecule has 3 N–H and O–H groups in total. The van der Waals surface area contributed by atoms with Gasteiger partial charge in [0.25, 0.3) is 0 Å². The van der Waals surface area contributed by atoms with Crippen LogP contribution < -0.4 is 0 Å². The number of fused-ring (bicyclic) bond motifs is 7. The number of carbonyl (C=O) groups excluding carboxylic acids is 1. The van der Waals surface area contributed by atoms with Crippen LogP contribution in [0, 0.1) is 50.2 Å². The quantitative estimate of drug-likeness (QED) is 0.354. The van der Waals surface area contributed by atoms with Crippen molar-refractivity contribution in [3.8, 4) is 0 Å². The Bertz CT molecular complexity index is 957. The lowest BCUT2D eigenvalue weighted by atomic mass is 9.33. The molecule has 0 radical (unpaired) electrons. The lowest BCUT2D eigenvalue weighted by Crippen LogP contribution is -2.68. The number of ether oxygens (including phenoxy) is 1. The minimum absolute atomic E-state index is 0.0167. The molecule has 4 fully saturated rings. The molecule has 0 amide bonds. The van der Waals surface area contributed by atoms with E-state index in [0.717, 1.165) is 51.4 Å². The van der Waals surface area contributed by atoms with E-state index in [9.17, 15) is 20.1 Å². The molecule has 0 spiro atoms. The SMILES string of the molecule is COC(=O)[C@]12CCC(C)(C)C[C@H]1C1=CC[C@H]3[C@@]4(C)C[C@@H](O)[C@H](O)[C@@](C)(CO)[C@@H]4CC[C@@]3(C)[C@]1(C)CC2. The minimum atomic E-state index is -0.893. The maximum atomic E-state index is 13.4. The number of carbonyl (C=O) groups is 1. The molecule has 0 bridgehead atoms. The zero-order valence-electron chi connectivity index (χ0n) is 23.7. The summed E-state index contributed by atoms with van der Waals surface area (Å²) in [5, 5.41) is 32.4. The van der Waals surface area contributed by atoms with Crippen LogP contribution in [0.5, 0.6) is 0 Å². The number of aliphatic hydroxyl groups excluding tert-OH is 3. The first kappa shape index (κ1) is 26.7. The van der Waals surface area contributed by atoms with E-state index in [-0.39, 0.29) is 46.1 Å². The van der Waals surface area contributed by atoms with Crippen molar-refractivity contribution >= 4 is 5.97 Å². The minimum Gasteiger partial charge on any atom is -0.469 e. The van der Waals surface area contributed by atoms with Gasteiger partial charge in [0.2, 0.25) is 0 Å². The van der Waals surface area contributed by atoms with E-state index >= 15 is 0 Å². The smallest absolute Gasteiger partial charge is 0.312 e. The predicted molar refractivity (Wildman–Crippen MR) is 140 cm³/mol. The average Bonchev–Trinajstić information content (AvgIpc) is 2.82. The summed E-state index contributed by atoms with van der Waals surface area (Å²) in [5.41, 5.74) is 0.445. The summed E-state index contributed by atoms with van der Waals surface area (Å²) >= 11 is 0. The van der Waals surface area contributed by atoms with Gasteiger partial charge in [0.05, 0.1) is 31.3 Å². The summed E-state index contributed by atoms with van der Waals surface area (Å²) in [5.74, 6) is 0.721. The summed E-state index contributed by atoms with van der Waals surface area (Å²) < 4.78 is 5.47. The van der Waals surface area contributed by atoms with Crippen molar-refractivity contribution < 1.29 is 24.9 Å². The second-order valence-corrected chi connectivity index (χ2v) is 15.2. The molecule has 5 rings (SSSR count). The molecule has 4 saturated carbocycles. The van der Waals surface area contributed by atoms with Crippen molar-refractivity contribution in [2.45, 2.75) is 112 Å². The number of hydrogen-bond donors (Lipinski definition) is 3. The summed E-state index contributed by atoms with van der Waals surface area (Å²) in [7, 11) is 1.55.